The molecule has 5 rings (SSSR count). The van der Waals surface area contributed by atoms with Crippen molar-refractivity contribution in [3.05, 3.63) is 82.4 Å². The van der Waals surface area contributed by atoms with Crippen LogP contribution in [0.3, 0.4) is 0 Å². The van der Waals surface area contributed by atoms with E-state index in [9.17, 15) is 14.9 Å². The normalized spacial score (nSPS) is 14.2. The van der Waals surface area contributed by atoms with Gasteiger partial charge in [0.2, 0.25) is 0 Å². The summed E-state index contributed by atoms with van der Waals surface area (Å²) >= 11 is 0. The van der Waals surface area contributed by atoms with Gasteiger partial charge in [-0.3, -0.25) is 14.9 Å². The van der Waals surface area contributed by atoms with E-state index >= 15 is 0 Å². The number of carbonyl (C=O) groups is 1. The lowest BCUT2D eigenvalue weighted by atomic mass is 10.1. The van der Waals surface area contributed by atoms with Crippen molar-refractivity contribution < 1.29 is 9.72 Å². The minimum absolute atomic E-state index is 0.00833. The van der Waals surface area contributed by atoms with Crippen LogP contribution in [0.15, 0.2) is 71.7 Å². The number of rotatable bonds is 3. The van der Waals surface area contributed by atoms with Crippen molar-refractivity contribution in [3.63, 3.8) is 0 Å². The molecule has 0 aliphatic carbocycles. The first-order chi connectivity index (χ1) is 14.1. The lowest BCUT2D eigenvalue weighted by Gasteiger charge is -2.00. The Kier molecular flexibility index (Phi) is 3.70. The van der Waals surface area contributed by atoms with E-state index in [-0.39, 0.29) is 11.6 Å². The topological polar surface area (TPSA) is 113 Å². The number of benzene rings is 3. The molecule has 0 unspecified atom stereocenters. The van der Waals surface area contributed by atoms with Crippen LogP contribution in [0.2, 0.25) is 0 Å². The number of nitrogens with zero attached hydrogens (tertiary/aromatic N) is 3. The summed E-state index contributed by atoms with van der Waals surface area (Å²) in [5.74, 6) is 0.373. The van der Waals surface area contributed by atoms with Gasteiger partial charge in [0, 0.05) is 23.3 Å². The van der Waals surface area contributed by atoms with E-state index in [0.29, 0.717) is 28.3 Å². The first-order valence-electron chi connectivity index (χ1n) is 8.82. The van der Waals surface area contributed by atoms with Crippen LogP contribution in [0.4, 0.5) is 17.1 Å². The second kappa shape index (κ2) is 6.38. The minimum Gasteiger partial charge on any atom is -0.338 e. The Balaban J connectivity index is 1.47. The zero-order valence-electron chi connectivity index (χ0n) is 14.9. The Labute approximate surface area is 164 Å². The number of aliphatic imine (C=N–C) groups is 1. The predicted molar refractivity (Wildman–Crippen MR) is 109 cm³/mol. The number of aromatic amines is 1. The van der Waals surface area contributed by atoms with Crippen molar-refractivity contribution in [3.8, 4) is 11.4 Å². The van der Waals surface area contributed by atoms with Gasteiger partial charge in [-0.15, -0.1) is 0 Å². The highest BCUT2D eigenvalue weighted by Gasteiger charge is 2.25. The number of para-hydroxylation sites is 1. The first kappa shape index (κ1) is 16.8. The third kappa shape index (κ3) is 2.92. The van der Waals surface area contributed by atoms with Gasteiger partial charge in [0.05, 0.1) is 27.3 Å². The smallest absolute Gasteiger partial charge is 0.275 e. The summed E-state index contributed by atoms with van der Waals surface area (Å²) in [5.41, 5.74) is 4.61. The number of hydrogen-bond acceptors (Lipinski definition) is 5. The number of hydrogen-bond donors (Lipinski definition) is 2. The number of aromatic nitrogens is 2. The fraction of sp³-hybridized carbons (Fsp3) is 0. The number of nitro benzene ring substituents is 1. The molecule has 0 bridgehead atoms. The quantitative estimate of drug-likeness (QED) is 0.407. The molecule has 1 aliphatic heterocycles. The van der Waals surface area contributed by atoms with E-state index in [0.717, 1.165) is 16.8 Å². The van der Waals surface area contributed by atoms with Crippen molar-refractivity contribution in [2.24, 2.45) is 4.99 Å². The molecule has 8 heteroatoms. The van der Waals surface area contributed by atoms with E-state index in [2.05, 4.69) is 20.3 Å². The molecular formula is C21H13N5O3. The van der Waals surface area contributed by atoms with Crippen LogP contribution in [0.5, 0.6) is 0 Å². The zero-order chi connectivity index (χ0) is 20.0. The number of non-ortho nitro benzene ring substituents is 1. The predicted octanol–water partition coefficient (Wildman–Crippen LogP) is 4.21. The summed E-state index contributed by atoms with van der Waals surface area (Å²) in [6.07, 6.45) is 0. The molecule has 2 N–H and O–H groups in total. The molecule has 0 saturated carbocycles. The molecule has 0 fully saturated rings. The van der Waals surface area contributed by atoms with E-state index in [1.807, 2.05) is 36.4 Å². The number of nitro groups is 1. The lowest BCUT2D eigenvalue weighted by molar-refractivity contribution is -0.384. The fourth-order valence-electron chi connectivity index (χ4n) is 3.28. The summed E-state index contributed by atoms with van der Waals surface area (Å²) < 4.78 is 0. The Bertz CT molecular complexity index is 1320. The highest BCUT2D eigenvalue weighted by Crippen LogP contribution is 2.28. The largest absolute Gasteiger partial charge is 0.338 e. The number of nitrogens with one attached hydrogen (secondary N) is 2. The number of anilines is 1. The Morgan fingerprint density at radius 2 is 1.79 bits per heavy atom. The monoisotopic (exact) mass is 383 g/mol. The molecule has 29 heavy (non-hydrogen) atoms. The van der Waals surface area contributed by atoms with Crippen molar-refractivity contribution in [1.82, 2.24) is 9.97 Å². The van der Waals surface area contributed by atoms with Gasteiger partial charge in [0.1, 0.15) is 11.5 Å². The number of H-pyrrole nitrogens is 1. The molecule has 0 atom stereocenters. The summed E-state index contributed by atoms with van der Waals surface area (Å²) in [4.78, 5) is 34.8. The molecule has 1 aliphatic rings. The van der Waals surface area contributed by atoms with Gasteiger partial charge in [-0.05, 0) is 36.4 Å². The van der Waals surface area contributed by atoms with Crippen LogP contribution in [0.1, 0.15) is 5.56 Å². The second-order valence-corrected chi connectivity index (χ2v) is 6.55. The fourth-order valence-corrected chi connectivity index (χ4v) is 3.28. The average molecular weight is 383 g/mol. The third-order valence-corrected chi connectivity index (χ3v) is 4.70. The molecule has 0 saturated heterocycles. The Morgan fingerprint density at radius 3 is 2.59 bits per heavy atom. The van der Waals surface area contributed by atoms with Crippen molar-refractivity contribution >= 4 is 39.7 Å². The maximum Gasteiger partial charge on any atom is 0.275 e. The number of imidazole rings is 1. The van der Waals surface area contributed by atoms with Crippen LogP contribution < -0.4 is 5.32 Å². The van der Waals surface area contributed by atoms with Crippen molar-refractivity contribution in [2.45, 2.75) is 0 Å². The zero-order valence-corrected chi connectivity index (χ0v) is 14.9. The van der Waals surface area contributed by atoms with Gasteiger partial charge in [0.25, 0.3) is 11.6 Å². The molecule has 2 heterocycles. The number of carbonyl (C=O) groups excluding carboxylic acids is 1. The van der Waals surface area contributed by atoms with E-state index in [4.69, 9.17) is 0 Å². The Hall–Kier alpha value is -4.33. The standard InChI is InChI=1S/C21H13N5O3/c27-21-19(15-3-1-2-4-16(15)25-21)22-13-7-5-12(6-8-13)20-23-17-10-9-14(26(28)29)11-18(17)24-20/h1-11H,(H,23,24)(H,22,25,27). The summed E-state index contributed by atoms with van der Waals surface area (Å²) in [7, 11) is 0. The molecule has 0 spiro atoms. The first-order valence-corrected chi connectivity index (χ1v) is 8.82. The lowest BCUT2D eigenvalue weighted by Crippen LogP contribution is -2.13. The molecular weight excluding hydrogens is 370 g/mol. The minimum atomic E-state index is -0.439. The number of amides is 1. The molecule has 4 aromatic rings. The van der Waals surface area contributed by atoms with E-state index in [1.165, 1.54) is 12.1 Å². The molecule has 3 aromatic carbocycles. The van der Waals surface area contributed by atoms with Gasteiger partial charge < -0.3 is 10.3 Å². The van der Waals surface area contributed by atoms with Gasteiger partial charge in [-0.25, -0.2) is 9.98 Å². The van der Waals surface area contributed by atoms with Crippen molar-refractivity contribution in [1.29, 1.82) is 0 Å². The highest BCUT2D eigenvalue weighted by atomic mass is 16.6. The third-order valence-electron chi connectivity index (χ3n) is 4.70. The molecule has 8 nitrogen and oxygen atoms in total. The van der Waals surface area contributed by atoms with E-state index < -0.39 is 4.92 Å². The maximum absolute atomic E-state index is 12.2. The second-order valence-electron chi connectivity index (χ2n) is 6.55. The van der Waals surface area contributed by atoms with Crippen LogP contribution >= 0.6 is 0 Å². The van der Waals surface area contributed by atoms with Gasteiger partial charge >= 0.3 is 0 Å². The summed E-state index contributed by atoms with van der Waals surface area (Å²) in [6, 6.07) is 19.2. The maximum atomic E-state index is 12.2. The Morgan fingerprint density at radius 1 is 1.00 bits per heavy atom. The van der Waals surface area contributed by atoms with Crippen molar-refractivity contribution in [2.75, 3.05) is 5.32 Å². The SMILES string of the molecule is O=C1Nc2ccccc2C1=Nc1ccc(-c2nc3ccc([N+](=O)[O-])cc3[nH]2)cc1. The van der Waals surface area contributed by atoms with Crippen LogP contribution in [-0.2, 0) is 4.79 Å². The molecule has 1 aromatic heterocycles. The van der Waals surface area contributed by atoms with Crippen LogP contribution in [-0.4, -0.2) is 26.5 Å². The van der Waals surface area contributed by atoms with Gasteiger partial charge in [-0.1, -0.05) is 18.2 Å². The molecule has 1 amide bonds. The average Bonchev–Trinajstić information content (AvgIpc) is 3.29. The summed E-state index contributed by atoms with van der Waals surface area (Å²) in [5, 5.41) is 13.7. The summed E-state index contributed by atoms with van der Waals surface area (Å²) in [6.45, 7) is 0. The van der Waals surface area contributed by atoms with Gasteiger partial charge in [0.15, 0.2) is 0 Å². The van der Waals surface area contributed by atoms with Gasteiger partial charge in [-0.2, -0.15) is 0 Å². The van der Waals surface area contributed by atoms with E-state index in [1.54, 1.807) is 18.2 Å². The molecule has 140 valence electrons. The highest BCUT2D eigenvalue weighted by molar-refractivity contribution is 6.54. The van der Waals surface area contributed by atoms with Crippen LogP contribution in [0, 0.1) is 10.1 Å². The van der Waals surface area contributed by atoms with Crippen LogP contribution in [0.25, 0.3) is 22.4 Å². The number of fused-ring (bicyclic) bond motifs is 2. The molecule has 0 radical (unpaired) electrons.